The number of aromatic nitrogens is 3. The first-order chi connectivity index (χ1) is 14.4. The van der Waals surface area contributed by atoms with E-state index in [1.54, 1.807) is 19.1 Å². The zero-order chi connectivity index (χ0) is 21.7. The number of carbonyl (C=O) groups is 1. The molecule has 0 aliphatic rings. The Kier molecular flexibility index (Phi) is 7.59. The highest BCUT2D eigenvalue weighted by molar-refractivity contribution is 8.01. The van der Waals surface area contributed by atoms with Crippen LogP contribution in [0.25, 0.3) is 11.1 Å². The third-order valence-electron chi connectivity index (χ3n) is 3.99. The quantitative estimate of drug-likeness (QED) is 0.286. The predicted octanol–water partition coefficient (Wildman–Crippen LogP) is 4.44. The molecule has 11 heteroatoms. The topological polar surface area (TPSA) is 97.2 Å². The molecule has 0 aliphatic carbocycles. The minimum Gasteiger partial charge on any atom is -0.496 e. The third-order valence-corrected chi connectivity index (χ3v) is 6.34. The largest absolute Gasteiger partial charge is 0.496 e. The minimum atomic E-state index is -0.686. The number of halogens is 2. The highest BCUT2D eigenvalue weighted by Gasteiger charge is 2.22. The minimum absolute atomic E-state index is 0.0816. The molecule has 0 radical (unpaired) electrons. The summed E-state index contributed by atoms with van der Waals surface area (Å²) in [5.74, 6) is -0.259. The maximum atomic E-state index is 14.9. The number of nitrogens with one attached hydrogen (secondary N) is 1. The maximum Gasteiger partial charge on any atom is 0.259 e. The maximum absolute atomic E-state index is 14.9. The molecule has 1 amide bonds. The summed E-state index contributed by atoms with van der Waals surface area (Å²) in [5, 5.41) is 19.7. The van der Waals surface area contributed by atoms with Crippen LogP contribution in [0.1, 0.15) is 22.5 Å². The molecular formula is C19H18ClFN4O3S2. The Hall–Kier alpha value is -2.27. The molecule has 0 fully saturated rings. The van der Waals surface area contributed by atoms with Crippen molar-refractivity contribution in [1.82, 2.24) is 15.2 Å². The first-order valence-corrected chi connectivity index (χ1v) is 11.0. The summed E-state index contributed by atoms with van der Waals surface area (Å²) < 4.78 is 20.8. The zero-order valence-corrected chi connectivity index (χ0v) is 18.5. The summed E-state index contributed by atoms with van der Waals surface area (Å²) in [4.78, 5) is 17.1. The van der Waals surface area contributed by atoms with Crippen LogP contribution in [0.5, 0.6) is 5.75 Å². The van der Waals surface area contributed by atoms with E-state index < -0.39 is 11.7 Å². The van der Waals surface area contributed by atoms with Crippen molar-refractivity contribution in [2.45, 2.75) is 17.7 Å². The molecule has 7 nitrogen and oxygen atoms in total. The number of amides is 1. The molecule has 2 heterocycles. The normalized spacial score (nSPS) is 10.8. The van der Waals surface area contributed by atoms with Gasteiger partial charge in [-0.2, -0.15) is 0 Å². The molecule has 3 aromatic rings. The zero-order valence-electron chi connectivity index (χ0n) is 16.1. The Balaban J connectivity index is 1.93. The van der Waals surface area contributed by atoms with E-state index in [9.17, 15) is 9.18 Å². The molecule has 0 bridgehead atoms. The number of hydrogen-bond donors (Lipinski definition) is 2. The lowest BCUT2D eigenvalue weighted by Crippen LogP contribution is -2.14. The fourth-order valence-electron chi connectivity index (χ4n) is 2.61. The van der Waals surface area contributed by atoms with E-state index in [0.29, 0.717) is 32.9 Å². The van der Waals surface area contributed by atoms with Gasteiger partial charge < -0.3 is 9.84 Å². The lowest BCUT2D eigenvalue weighted by atomic mass is 9.98. The number of nitrogens with zero attached hydrogens (tertiary/aromatic N) is 3. The highest BCUT2D eigenvalue weighted by atomic mass is 35.5. The van der Waals surface area contributed by atoms with Crippen LogP contribution in [-0.4, -0.2) is 45.7 Å². The molecule has 0 spiro atoms. The van der Waals surface area contributed by atoms with Crippen LogP contribution in [-0.2, 0) is 0 Å². The van der Waals surface area contributed by atoms with Crippen molar-refractivity contribution >= 4 is 45.7 Å². The molecule has 2 aromatic heterocycles. The van der Waals surface area contributed by atoms with Gasteiger partial charge in [0.25, 0.3) is 5.91 Å². The van der Waals surface area contributed by atoms with Gasteiger partial charge in [0, 0.05) is 29.8 Å². The average Bonchev–Trinajstić information content (AvgIpc) is 3.17. The molecule has 0 saturated carbocycles. The number of aryl methyl sites for hydroxylation is 1. The van der Waals surface area contributed by atoms with Crippen LogP contribution in [0.4, 0.5) is 9.52 Å². The third kappa shape index (κ3) is 5.07. The van der Waals surface area contributed by atoms with Crippen molar-refractivity contribution in [3.8, 4) is 16.9 Å². The predicted molar refractivity (Wildman–Crippen MR) is 116 cm³/mol. The monoisotopic (exact) mass is 468 g/mol. The number of benzene rings is 1. The first kappa shape index (κ1) is 22.4. The molecule has 3 rings (SSSR count). The highest BCUT2D eigenvalue weighted by Crippen LogP contribution is 2.38. The van der Waals surface area contributed by atoms with Crippen molar-refractivity contribution < 1.29 is 19.0 Å². The molecule has 30 heavy (non-hydrogen) atoms. The van der Waals surface area contributed by atoms with Crippen LogP contribution in [0.2, 0.25) is 5.02 Å². The molecule has 0 unspecified atom stereocenters. The SMILES string of the molecule is COc1ccc(Cl)c(F)c1-c1cc(C)ncc1C(=O)Nc1nnc(SCCCO)s1. The van der Waals surface area contributed by atoms with Crippen LogP contribution in [0, 0.1) is 12.7 Å². The number of hydrogen-bond acceptors (Lipinski definition) is 8. The Labute approximate surface area is 185 Å². The fraction of sp³-hybridized carbons (Fsp3) is 0.263. The van der Waals surface area contributed by atoms with Gasteiger partial charge in [0.05, 0.1) is 23.3 Å². The second-order valence-electron chi connectivity index (χ2n) is 6.06. The van der Waals surface area contributed by atoms with Gasteiger partial charge in [-0.3, -0.25) is 15.1 Å². The van der Waals surface area contributed by atoms with Crippen LogP contribution < -0.4 is 10.1 Å². The second-order valence-corrected chi connectivity index (χ2v) is 8.79. The van der Waals surface area contributed by atoms with E-state index in [1.807, 2.05) is 0 Å². The lowest BCUT2D eigenvalue weighted by Gasteiger charge is -2.14. The number of aliphatic hydroxyl groups is 1. The summed E-state index contributed by atoms with van der Waals surface area (Å²) in [7, 11) is 1.41. The molecule has 0 saturated heterocycles. The van der Waals surface area contributed by atoms with Crippen LogP contribution in [0.3, 0.4) is 0 Å². The van der Waals surface area contributed by atoms with Gasteiger partial charge in [0.2, 0.25) is 5.13 Å². The van der Waals surface area contributed by atoms with Crippen molar-refractivity contribution in [2.24, 2.45) is 0 Å². The van der Waals surface area contributed by atoms with Gasteiger partial charge in [-0.05, 0) is 31.5 Å². The van der Waals surface area contributed by atoms with Crippen molar-refractivity contribution in [2.75, 3.05) is 24.8 Å². The average molecular weight is 469 g/mol. The van der Waals surface area contributed by atoms with Crippen molar-refractivity contribution in [1.29, 1.82) is 0 Å². The molecule has 0 atom stereocenters. The number of methoxy groups -OCH3 is 1. The number of rotatable bonds is 8. The Morgan fingerprint density at radius 2 is 2.20 bits per heavy atom. The van der Waals surface area contributed by atoms with Crippen molar-refractivity contribution in [3.63, 3.8) is 0 Å². The summed E-state index contributed by atoms with van der Waals surface area (Å²) in [6, 6.07) is 4.53. The number of thioether (sulfide) groups is 1. The summed E-state index contributed by atoms with van der Waals surface area (Å²) >= 11 is 8.62. The van der Waals surface area contributed by atoms with E-state index in [0.717, 1.165) is 0 Å². The standard InChI is InChI=1S/C19H18ClFN4O3S2/c1-10-8-11(15-14(28-2)5-4-13(20)16(15)21)12(9-22-10)17(27)23-18-24-25-19(30-18)29-7-3-6-26/h4-5,8-9,26H,3,6-7H2,1-2H3,(H,23,24,27). The number of pyridine rings is 1. The Morgan fingerprint density at radius 3 is 2.93 bits per heavy atom. The number of ether oxygens (including phenoxy) is 1. The van der Waals surface area contributed by atoms with E-state index in [2.05, 4.69) is 20.5 Å². The number of carbonyl (C=O) groups excluding carboxylic acids is 1. The number of anilines is 1. The van der Waals surface area contributed by atoms with E-state index in [4.69, 9.17) is 21.4 Å². The second kappa shape index (κ2) is 10.2. The Morgan fingerprint density at radius 1 is 1.40 bits per heavy atom. The van der Waals surface area contributed by atoms with Crippen molar-refractivity contribution in [3.05, 3.63) is 46.5 Å². The smallest absolute Gasteiger partial charge is 0.259 e. The lowest BCUT2D eigenvalue weighted by molar-refractivity contribution is 0.102. The molecule has 1 aromatic carbocycles. The van der Waals surface area contributed by atoms with Gasteiger partial charge >= 0.3 is 0 Å². The summed E-state index contributed by atoms with van der Waals surface area (Å²) in [5.41, 5.74) is 1.13. The Bertz CT molecular complexity index is 1060. The van der Waals surface area contributed by atoms with E-state index in [1.165, 1.54) is 42.5 Å². The number of aliphatic hydroxyl groups excluding tert-OH is 1. The molecule has 158 valence electrons. The van der Waals surface area contributed by atoms with Gasteiger partial charge in [0.1, 0.15) is 5.75 Å². The van der Waals surface area contributed by atoms with Gasteiger partial charge in [-0.15, -0.1) is 10.2 Å². The molecule has 2 N–H and O–H groups in total. The van der Waals surface area contributed by atoms with Gasteiger partial charge in [-0.1, -0.05) is 34.7 Å². The molecule has 0 aliphatic heterocycles. The van der Waals surface area contributed by atoms with Crippen LogP contribution in [0.15, 0.2) is 28.7 Å². The van der Waals surface area contributed by atoms with Crippen LogP contribution >= 0.6 is 34.7 Å². The molecular weight excluding hydrogens is 451 g/mol. The first-order valence-electron chi connectivity index (χ1n) is 8.82. The fourth-order valence-corrected chi connectivity index (χ4v) is 4.51. The van der Waals surface area contributed by atoms with Gasteiger partial charge in [-0.25, -0.2) is 4.39 Å². The summed E-state index contributed by atoms with van der Waals surface area (Å²) in [6.07, 6.45) is 2.01. The summed E-state index contributed by atoms with van der Waals surface area (Å²) in [6.45, 7) is 1.84. The van der Waals surface area contributed by atoms with Gasteiger partial charge in [0.15, 0.2) is 10.2 Å². The van der Waals surface area contributed by atoms with E-state index in [-0.39, 0.29) is 28.5 Å². The van der Waals surface area contributed by atoms with E-state index >= 15 is 0 Å².